The first kappa shape index (κ1) is 26.8. The molecule has 9 heteroatoms. The van der Waals surface area contributed by atoms with E-state index in [1.54, 1.807) is 17.9 Å². The average molecular weight is 526 g/mol. The zero-order valence-corrected chi connectivity index (χ0v) is 22.3. The highest BCUT2D eigenvalue weighted by molar-refractivity contribution is 5.96. The maximum absolute atomic E-state index is 13.7. The Morgan fingerprint density at radius 3 is 2.55 bits per heavy atom. The lowest BCUT2D eigenvalue weighted by atomic mass is 9.81. The van der Waals surface area contributed by atoms with E-state index in [4.69, 9.17) is 10.3 Å². The average Bonchev–Trinajstić information content (AvgIpc) is 3.69. The number of carbonyl (C=O) groups is 2. The second-order valence-corrected chi connectivity index (χ2v) is 11.4. The second kappa shape index (κ2) is 11.9. The third-order valence-corrected chi connectivity index (χ3v) is 8.54. The number of halogens is 1. The smallest absolute Gasteiger partial charge is 0.276 e. The third-order valence-electron chi connectivity index (χ3n) is 8.54. The van der Waals surface area contributed by atoms with Crippen LogP contribution in [0.2, 0.25) is 0 Å². The van der Waals surface area contributed by atoms with Crippen molar-refractivity contribution in [1.82, 2.24) is 20.3 Å². The van der Waals surface area contributed by atoms with Crippen molar-refractivity contribution < 1.29 is 18.5 Å². The fraction of sp³-hybridized carbons (Fsp3) is 0.621. The van der Waals surface area contributed by atoms with Crippen LogP contribution in [0.25, 0.3) is 0 Å². The van der Waals surface area contributed by atoms with Gasteiger partial charge in [0.05, 0.1) is 0 Å². The SMILES string of the molecule is Cc1cc(C(=O)N2CCC(N(Cc3ccc(F)cc3)C3CC3)C[C@@H]2C(=O)NCC2CCCC(CN)C2)no1. The van der Waals surface area contributed by atoms with Crippen LogP contribution in [0.15, 0.2) is 34.9 Å². The van der Waals surface area contributed by atoms with Crippen LogP contribution < -0.4 is 11.1 Å². The minimum absolute atomic E-state index is 0.101. The van der Waals surface area contributed by atoms with E-state index in [0.717, 1.165) is 50.5 Å². The number of hydrogen-bond donors (Lipinski definition) is 2. The van der Waals surface area contributed by atoms with Gasteiger partial charge in [-0.05, 0) is 87.9 Å². The molecule has 0 spiro atoms. The number of amides is 2. The molecule has 3 unspecified atom stereocenters. The molecular weight excluding hydrogens is 485 g/mol. The third kappa shape index (κ3) is 6.43. The highest BCUT2D eigenvalue weighted by Gasteiger charge is 2.42. The number of nitrogens with one attached hydrogen (secondary N) is 1. The summed E-state index contributed by atoms with van der Waals surface area (Å²) in [6.07, 6.45) is 8.02. The van der Waals surface area contributed by atoms with Crippen molar-refractivity contribution in [2.24, 2.45) is 17.6 Å². The Morgan fingerprint density at radius 1 is 1.11 bits per heavy atom. The fourth-order valence-electron chi connectivity index (χ4n) is 6.28. The van der Waals surface area contributed by atoms with Crippen molar-refractivity contribution in [3.8, 4) is 0 Å². The van der Waals surface area contributed by atoms with Gasteiger partial charge in [-0.3, -0.25) is 14.5 Å². The van der Waals surface area contributed by atoms with Crippen LogP contribution >= 0.6 is 0 Å². The van der Waals surface area contributed by atoms with Crippen LogP contribution in [0.1, 0.15) is 73.2 Å². The molecule has 3 fully saturated rings. The van der Waals surface area contributed by atoms with Crippen LogP contribution in [0.3, 0.4) is 0 Å². The van der Waals surface area contributed by atoms with Crippen LogP contribution in [-0.2, 0) is 11.3 Å². The summed E-state index contributed by atoms with van der Waals surface area (Å²) in [7, 11) is 0. The number of hydrogen-bond acceptors (Lipinski definition) is 6. The molecule has 3 aliphatic rings. The number of aryl methyl sites for hydroxylation is 1. The van der Waals surface area contributed by atoms with Gasteiger partial charge in [0.2, 0.25) is 5.91 Å². The standard InChI is InChI=1S/C29H40FN5O3/c1-19-13-26(33-38-19)29(37)34-12-11-25(35(24-9-10-24)18-20-5-7-23(30)8-6-20)15-27(34)28(36)32-17-22-4-2-3-21(14-22)16-31/h5-8,13,21-22,24-25,27H,2-4,9-12,14-18,31H2,1H3,(H,32,36)/t21?,22?,25?,27-/m1/s1. The molecule has 2 amide bonds. The summed E-state index contributed by atoms with van der Waals surface area (Å²) in [5, 5.41) is 7.12. The second-order valence-electron chi connectivity index (χ2n) is 11.4. The molecule has 2 heterocycles. The topological polar surface area (TPSA) is 105 Å². The number of carbonyl (C=O) groups excluding carboxylic acids is 2. The molecule has 5 rings (SSSR count). The van der Waals surface area contributed by atoms with Crippen LogP contribution in [0, 0.1) is 24.6 Å². The van der Waals surface area contributed by atoms with Gasteiger partial charge in [0.25, 0.3) is 5.91 Å². The molecule has 2 aliphatic carbocycles. The number of aromatic nitrogens is 1. The first-order valence-electron chi connectivity index (χ1n) is 14.1. The first-order valence-corrected chi connectivity index (χ1v) is 14.1. The Kier molecular flexibility index (Phi) is 8.43. The molecule has 1 aromatic carbocycles. The normalized spacial score (nSPS) is 25.9. The fourth-order valence-corrected chi connectivity index (χ4v) is 6.28. The van der Waals surface area contributed by atoms with E-state index in [1.807, 2.05) is 12.1 Å². The zero-order chi connectivity index (χ0) is 26.6. The molecule has 0 bridgehead atoms. The number of nitrogens with zero attached hydrogens (tertiary/aromatic N) is 3. The lowest BCUT2D eigenvalue weighted by molar-refractivity contribution is -0.128. The predicted molar refractivity (Wildman–Crippen MR) is 142 cm³/mol. The van der Waals surface area contributed by atoms with Gasteiger partial charge in [0.1, 0.15) is 17.6 Å². The Hall–Kier alpha value is -2.78. The van der Waals surface area contributed by atoms with Gasteiger partial charge in [-0.2, -0.15) is 0 Å². The van der Waals surface area contributed by atoms with Gasteiger partial charge in [0.15, 0.2) is 5.69 Å². The van der Waals surface area contributed by atoms with E-state index >= 15 is 0 Å². The lowest BCUT2D eigenvalue weighted by Crippen LogP contribution is -2.58. The van der Waals surface area contributed by atoms with E-state index in [1.165, 1.54) is 12.1 Å². The lowest BCUT2D eigenvalue weighted by Gasteiger charge is -2.43. The molecule has 0 radical (unpaired) electrons. The van der Waals surface area contributed by atoms with Crippen LogP contribution in [0.4, 0.5) is 4.39 Å². The quantitative estimate of drug-likeness (QED) is 0.518. The van der Waals surface area contributed by atoms with E-state index in [0.29, 0.717) is 56.2 Å². The van der Waals surface area contributed by atoms with Crippen LogP contribution in [0.5, 0.6) is 0 Å². The molecule has 4 atom stereocenters. The molecular formula is C29H40FN5O3. The maximum atomic E-state index is 13.7. The van der Waals surface area contributed by atoms with Crippen molar-refractivity contribution in [3.05, 3.63) is 53.2 Å². The molecule has 1 saturated heterocycles. The summed E-state index contributed by atoms with van der Waals surface area (Å²) in [6.45, 7) is 4.24. The summed E-state index contributed by atoms with van der Waals surface area (Å²) in [4.78, 5) is 31.2. The van der Waals surface area contributed by atoms with Crippen LogP contribution in [-0.4, -0.2) is 64.5 Å². The van der Waals surface area contributed by atoms with Gasteiger partial charge in [-0.15, -0.1) is 0 Å². The Labute approximate surface area is 224 Å². The summed E-state index contributed by atoms with van der Waals surface area (Å²) in [5.74, 6) is 0.902. The molecule has 3 N–H and O–H groups in total. The number of nitrogens with two attached hydrogens (primary N) is 1. The van der Waals surface area contributed by atoms with E-state index in [-0.39, 0.29) is 29.4 Å². The van der Waals surface area contributed by atoms with Crippen molar-refractivity contribution in [3.63, 3.8) is 0 Å². The highest BCUT2D eigenvalue weighted by atomic mass is 19.1. The van der Waals surface area contributed by atoms with Gasteiger partial charge >= 0.3 is 0 Å². The monoisotopic (exact) mass is 525 g/mol. The number of likely N-dealkylation sites (tertiary alicyclic amines) is 1. The van der Waals surface area contributed by atoms with Crippen molar-refractivity contribution in [2.75, 3.05) is 19.6 Å². The molecule has 38 heavy (non-hydrogen) atoms. The molecule has 8 nitrogen and oxygen atoms in total. The molecule has 206 valence electrons. The van der Waals surface area contributed by atoms with Gasteiger partial charge < -0.3 is 20.5 Å². The molecule has 1 aromatic heterocycles. The summed E-state index contributed by atoms with van der Waals surface area (Å²) >= 11 is 0. The molecule has 2 saturated carbocycles. The summed E-state index contributed by atoms with van der Waals surface area (Å²) < 4.78 is 18.6. The zero-order valence-electron chi connectivity index (χ0n) is 22.3. The van der Waals surface area contributed by atoms with Gasteiger partial charge in [-0.25, -0.2) is 4.39 Å². The maximum Gasteiger partial charge on any atom is 0.276 e. The van der Waals surface area contributed by atoms with E-state index < -0.39 is 6.04 Å². The number of rotatable bonds is 9. The van der Waals surface area contributed by atoms with Gasteiger partial charge in [0, 0.05) is 37.8 Å². The minimum atomic E-state index is -0.582. The molecule has 2 aromatic rings. The Morgan fingerprint density at radius 2 is 1.87 bits per heavy atom. The van der Waals surface area contributed by atoms with Crippen molar-refractivity contribution >= 4 is 11.8 Å². The van der Waals surface area contributed by atoms with Crippen molar-refractivity contribution in [2.45, 2.75) is 83.0 Å². The highest BCUT2D eigenvalue weighted by Crippen LogP contribution is 2.35. The number of piperidine rings is 1. The summed E-state index contributed by atoms with van der Waals surface area (Å²) in [6, 6.07) is 8.33. The predicted octanol–water partition coefficient (Wildman–Crippen LogP) is 3.64. The van der Waals surface area contributed by atoms with E-state index in [2.05, 4.69) is 15.4 Å². The van der Waals surface area contributed by atoms with E-state index in [9.17, 15) is 14.0 Å². The Bertz CT molecular complexity index is 1100. The molecule has 1 aliphatic heterocycles. The minimum Gasteiger partial charge on any atom is -0.361 e. The Balaban J connectivity index is 1.31. The summed E-state index contributed by atoms with van der Waals surface area (Å²) in [5.41, 5.74) is 7.21. The largest absolute Gasteiger partial charge is 0.361 e. The van der Waals surface area contributed by atoms with Crippen molar-refractivity contribution in [1.29, 1.82) is 0 Å². The number of benzene rings is 1. The van der Waals surface area contributed by atoms with Gasteiger partial charge in [-0.1, -0.05) is 23.7 Å². The first-order chi connectivity index (χ1) is 18.4.